The highest BCUT2D eigenvalue weighted by atomic mass is 79.9. The van der Waals surface area contributed by atoms with Crippen molar-refractivity contribution in [2.75, 3.05) is 6.54 Å². The minimum absolute atomic E-state index is 0.108. The fourth-order valence-electron chi connectivity index (χ4n) is 1.51. The second-order valence-electron chi connectivity index (χ2n) is 3.27. The van der Waals surface area contributed by atoms with Crippen LogP contribution >= 0.6 is 27.5 Å². The second kappa shape index (κ2) is 5.08. The maximum atomic E-state index is 5.76. The molecule has 3 nitrogen and oxygen atoms in total. The van der Waals surface area contributed by atoms with Crippen molar-refractivity contribution >= 4 is 27.5 Å². The zero-order valence-corrected chi connectivity index (χ0v) is 11.0. The summed E-state index contributed by atoms with van der Waals surface area (Å²) in [6.07, 6.45) is 0. The summed E-state index contributed by atoms with van der Waals surface area (Å²) in [7, 11) is 0. The molecule has 0 amide bonds. The molecule has 0 aromatic carbocycles. The molecule has 0 saturated heterocycles. The van der Waals surface area contributed by atoms with Gasteiger partial charge >= 0.3 is 0 Å². The van der Waals surface area contributed by atoms with Gasteiger partial charge in [-0.25, -0.2) is 0 Å². The lowest BCUT2D eigenvalue weighted by atomic mass is 10.2. The van der Waals surface area contributed by atoms with E-state index in [1.165, 1.54) is 0 Å². The van der Waals surface area contributed by atoms with Crippen molar-refractivity contribution in [1.29, 1.82) is 0 Å². The zero-order chi connectivity index (χ0) is 11.5. The summed E-state index contributed by atoms with van der Waals surface area (Å²) < 4.78 is 11.6. The molecule has 0 aliphatic carbocycles. The monoisotopic (exact) mass is 303 g/mol. The number of rotatable bonds is 4. The molecule has 2 rings (SSSR count). The number of nitrogens with one attached hydrogen (secondary N) is 1. The van der Waals surface area contributed by atoms with E-state index in [0.29, 0.717) is 9.89 Å². The van der Waals surface area contributed by atoms with E-state index in [1.54, 1.807) is 6.07 Å². The molecule has 0 spiro atoms. The van der Waals surface area contributed by atoms with Crippen LogP contribution in [0.25, 0.3) is 0 Å². The van der Waals surface area contributed by atoms with Crippen molar-refractivity contribution in [3.05, 3.63) is 45.7 Å². The standard InChI is InChI=1S/C11H11BrClNO2/c1-2-14-11(7-3-5-9(12)15-7)8-4-6-10(13)16-8/h3-6,11,14H,2H2,1H3. The first-order valence-corrected chi connectivity index (χ1v) is 6.11. The van der Waals surface area contributed by atoms with Gasteiger partial charge in [-0.05, 0) is 58.3 Å². The minimum Gasteiger partial charge on any atom is -0.452 e. The van der Waals surface area contributed by atoms with Crippen LogP contribution in [0.4, 0.5) is 0 Å². The Balaban J connectivity index is 2.30. The highest BCUT2D eigenvalue weighted by Gasteiger charge is 2.20. The Morgan fingerprint density at radius 1 is 1.25 bits per heavy atom. The van der Waals surface area contributed by atoms with Gasteiger partial charge in [-0.2, -0.15) is 0 Å². The summed E-state index contributed by atoms with van der Waals surface area (Å²) in [6, 6.07) is 7.20. The number of hydrogen-bond donors (Lipinski definition) is 1. The molecule has 5 heteroatoms. The maximum Gasteiger partial charge on any atom is 0.193 e. The third kappa shape index (κ3) is 2.51. The van der Waals surface area contributed by atoms with Crippen molar-refractivity contribution in [2.45, 2.75) is 13.0 Å². The summed E-state index contributed by atoms with van der Waals surface area (Å²) in [5.41, 5.74) is 0. The maximum absolute atomic E-state index is 5.76. The molecule has 86 valence electrons. The van der Waals surface area contributed by atoms with Gasteiger partial charge in [0.1, 0.15) is 17.6 Å². The molecule has 16 heavy (non-hydrogen) atoms. The molecule has 0 saturated carbocycles. The molecule has 1 unspecified atom stereocenters. The topological polar surface area (TPSA) is 38.3 Å². The first-order chi connectivity index (χ1) is 7.70. The van der Waals surface area contributed by atoms with E-state index in [4.69, 9.17) is 20.4 Å². The van der Waals surface area contributed by atoms with Crippen molar-refractivity contribution in [3.63, 3.8) is 0 Å². The molecule has 2 heterocycles. The minimum atomic E-state index is -0.108. The van der Waals surface area contributed by atoms with Gasteiger partial charge < -0.3 is 14.2 Å². The van der Waals surface area contributed by atoms with Gasteiger partial charge in [0.15, 0.2) is 9.89 Å². The van der Waals surface area contributed by atoms with Gasteiger partial charge in [0.25, 0.3) is 0 Å². The molecule has 0 fully saturated rings. The van der Waals surface area contributed by atoms with E-state index in [2.05, 4.69) is 21.2 Å². The van der Waals surface area contributed by atoms with Gasteiger partial charge in [0.05, 0.1) is 0 Å². The van der Waals surface area contributed by atoms with Crippen LogP contribution in [0.3, 0.4) is 0 Å². The van der Waals surface area contributed by atoms with Crippen LogP contribution in [0.1, 0.15) is 24.5 Å². The number of hydrogen-bond acceptors (Lipinski definition) is 3. The van der Waals surface area contributed by atoms with E-state index in [1.807, 2.05) is 25.1 Å². The Kier molecular flexibility index (Phi) is 3.74. The van der Waals surface area contributed by atoms with Gasteiger partial charge in [-0.15, -0.1) is 0 Å². The molecule has 0 radical (unpaired) electrons. The molecule has 1 N–H and O–H groups in total. The van der Waals surface area contributed by atoms with Crippen LogP contribution in [-0.2, 0) is 0 Å². The Morgan fingerprint density at radius 3 is 2.44 bits per heavy atom. The zero-order valence-electron chi connectivity index (χ0n) is 8.67. The van der Waals surface area contributed by atoms with Gasteiger partial charge in [-0.3, -0.25) is 0 Å². The van der Waals surface area contributed by atoms with Crippen LogP contribution in [0.2, 0.25) is 5.22 Å². The van der Waals surface area contributed by atoms with E-state index < -0.39 is 0 Å². The summed E-state index contributed by atoms with van der Waals surface area (Å²) in [6.45, 7) is 2.83. The lowest BCUT2D eigenvalue weighted by Gasteiger charge is -2.12. The normalized spacial score (nSPS) is 12.9. The predicted octanol–water partition coefficient (Wildman–Crippen LogP) is 3.99. The summed E-state index contributed by atoms with van der Waals surface area (Å²) in [5, 5.41) is 3.65. The van der Waals surface area contributed by atoms with Crippen LogP contribution in [-0.4, -0.2) is 6.54 Å². The molecule has 0 bridgehead atoms. The quantitative estimate of drug-likeness (QED) is 0.928. The Morgan fingerprint density at radius 2 is 1.94 bits per heavy atom. The van der Waals surface area contributed by atoms with Crippen LogP contribution in [0, 0.1) is 0 Å². The Hall–Kier alpha value is -0.710. The van der Waals surface area contributed by atoms with Crippen LogP contribution in [0.15, 0.2) is 37.8 Å². The first-order valence-electron chi connectivity index (χ1n) is 4.94. The summed E-state index contributed by atoms with van der Waals surface area (Å²) in [4.78, 5) is 0. The van der Waals surface area contributed by atoms with Crippen molar-refractivity contribution < 1.29 is 8.83 Å². The van der Waals surface area contributed by atoms with E-state index in [9.17, 15) is 0 Å². The molecular weight excluding hydrogens is 293 g/mol. The molecule has 0 aliphatic rings. The van der Waals surface area contributed by atoms with Gasteiger partial charge in [0.2, 0.25) is 0 Å². The van der Waals surface area contributed by atoms with Gasteiger partial charge in [-0.1, -0.05) is 6.92 Å². The Labute approximate surface area is 107 Å². The second-order valence-corrected chi connectivity index (χ2v) is 4.43. The third-order valence-corrected chi connectivity index (χ3v) is 2.79. The van der Waals surface area contributed by atoms with E-state index >= 15 is 0 Å². The van der Waals surface area contributed by atoms with Crippen molar-refractivity contribution in [1.82, 2.24) is 5.32 Å². The SMILES string of the molecule is CCNC(c1ccc(Cl)o1)c1ccc(Br)o1. The highest BCUT2D eigenvalue weighted by molar-refractivity contribution is 9.10. The largest absolute Gasteiger partial charge is 0.452 e. The van der Waals surface area contributed by atoms with Crippen molar-refractivity contribution in [2.24, 2.45) is 0 Å². The average molecular weight is 305 g/mol. The fourth-order valence-corrected chi connectivity index (χ4v) is 1.98. The summed E-state index contributed by atoms with van der Waals surface area (Å²) >= 11 is 9.04. The third-order valence-electron chi connectivity index (χ3n) is 2.17. The smallest absolute Gasteiger partial charge is 0.193 e. The lowest BCUT2D eigenvalue weighted by Crippen LogP contribution is -2.20. The molecule has 2 aromatic rings. The summed E-state index contributed by atoms with van der Waals surface area (Å²) in [5.74, 6) is 1.54. The average Bonchev–Trinajstić information content (AvgIpc) is 2.84. The van der Waals surface area contributed by atoms with Crippen LogP contribution < -0.4 is 5.32 Å². The number of halogens is 2. The Bertz CT molecular complexity index is 426. The van der Waals surface area contributed by atoms with Crippen molar-refractivity contribution in [3.8, 4) is 0 Å². The lowest BCUT2D eigenvalue weighted by molar-refractivity contribution is 0.387. The molecule has 1 atom stereocenters. The predicted molar refractivity (Wildman–Crippen MR) is 65.6 cm³/mol. The molecule has 0 aliphatic heterocycles. The highest BCUT2D eigenvalue weighted by Crippen LogP contribution is 2.28. The first kappa shape index (κ1) is 11.8. The van der Waals surface area contributed by atoms with Crippen LogP contribution in [0.5, 0.6) is 0 Å². The van der Waals surface area contributed by atoms with E-state index in [0.717, 1.165) is 18.1 Å². The number of furan rings is 2. The van der Waals surface area contributed by atoms with E-state index in [-0.39, 0.29) is 6.04 Å². The van der Waals surface area contributed by atoms with Gasteiger partial charge in [0, 0.05) is 0 Å². The molecule has 2 aromatic heterocycles. The molecular formula is C11H11BrClNO2. The fraction of sp³-hybridized carbons (Fsp3) is 0.273.